The number of hydrogen-bond donors (Lipinski definition) is 1. The zero-order chi connectivity index (χ0) is 25.8. The Balaban J connectivity index is 1.68. The summed E-state index contributed by atoms with van der Waals surface area (Å²) in [5.74, 6) is 0.486. The molecule has 3 fully saturated rings. The van der Waals surface area contributed by atoms with Crippen LogP contribution in [0.3, 0.4) is 0 Å². The Morgan fingerprint density at radius 1 is 1.00 bits per heavy atom. The highest BCUT2D eigenvalue weighted by atomic mass is 16.3. The molecular weight excluding hydrogens is 434 g/mol. The van der Waals surface area contributed by atoms with Crippen LogP contribution in [0, 0.1) is 61.6 Å². The fourth-order valence-electron chi connectivity index (χ4n) is 9.93. The van der Waals surface area contributed by atoms with Gasteiger partial charge in [0.2, 0.25) is 0 Å². The minimum absolute atomic E-state index is 0.0426. The van der Waals surface area contributed by atoms with E-state index < -0.39 is 10.8 Å². The standard InChI is InChI=1S/C31H43NO3/c1-26(2)22-8-9-30(6)23(29(22,5)15-19(17-32)25(26)35)14-21(34)24-20-16-27(3,18-33)10-11-28(20,4)12-13-31(24,30)7/h14-15,20,22,24,33H,8-13,16,18H2,1-7H3/t20-,22-,24-,27?,28+,29-,30+,31+/m0/s1. The number of carbonyl (C=O) groups is 2. The van der Waals surface area contributed by atoms with E-state index in [1.54, 1.807) is 0 Å². The molecule has 0 spiro atoms. The first-order chi connectivity index (χ1) is 16.1. The molecule has 0 heterocycles. The molecule has 5 aliphatic rings. The normalized spacial score (nSPS) is 50.5. The number of carbonyl (C=O) groups excluding carboxylic acids is 2. The predicted molar refractivity (Wildman–Crippen MR) is 136 cm³/mol. The number of Topliss-reactive ketones (excluding diaryl/α,β-unsaturated/α-hetero) is 1. The molecule has 0 amide bonds. The fraction of sp³-hybridized carbons (Fsp3) is 0.774. The van der Waals surface area contributed by atoms with Crippen molar-refractivity contribution in [2.45, 2.75) is 93.4 Å². The van der Waals surface area contributed by atoms with E-state index in [2.05, 4.69) is 40.7 Å². The Morgan fingerprint density at radius 2 is 1.66 bits per heavy atom. The summed E-state index contributed by atoms with van der Waals surface area (Å²) in [4.78, 5) is 27.4. The first-order valence-electron chi connectivity index (χ1n) is 13.7. The molecule has 5 rings (SSSR count). The molecule has 5 aliphatic carbocycles. The first-order valence-corrected chi connectivity index (χ1v) is 13.7. The zero-order valence-electron chi connectivity index (χ0n) is 22.8. The number of aliphatic hydroxyl groups is 1. The van der Waals surface area contributed by atoms with Crippen LogP contribution in [0.1, 0.15) is 93.4 Å². The van der Waals surface area contributed by atoms with Gasteiger partial charge in [0, 0.05) is 23.4 Å². The average Bonchev–Trinajstić information content (AvgIpc) is 2.79. The van der Waals surface area contributed by atoms with E-state index in [1.165, 1.54) is 0 Å². The van der Waals surface area contributed by atoms with Crippen LogP contribution < -0.4 is 0 Å². The summed E-state index contributed by atoms with van der Waals surface area (Å²) in [6.07, 6.45) is 10.9. The number of allylic oxidation sites excluding steroid dienone is 4. The molecule has 0 bridgehead atoms. The molecular formula is C31H43NO3. The predicted octanol–water partition coefficient (Wildman–Crippen LogP) is 6.20. The van der Waals surface area contributed by atoms with Crippen molar-refractivity contribution in [3.63, 3.8) is 0 Å². The molecule has 0 aromatic carbocycles. The van der Waals surface area contributed by atoms with Gasteiger partial charge in [-0.1, -0.05) is 60.1 Å². The number of hydrogen-bond acceptors (Lipinski definition) is 4. The molecule has 1 N–H and O–H groups in total. The first kappa shape index (κ1) is 24.9. The van der Waals surface area contributed by atoms with Crippen LogP contribution in [0.4, 0.5) is 0 Å². The summed E-state index contributed by atoms with van der Waals surface area (Å²) in [5, 5.41) is 20.0. The van der Waals surface area contributed by atoms with Crippen molar-refractivity contribution in [1.82, 2.24) is 0 Å². The molecule has 4 heteroatoms. The second-order valence-corrected chi connectivity index (χ2v) is 14.7. The molecule has 0 radical (unpaired) electrons. The van der Waals surface area contributed by atoms with Crippen molar-refractivity contribution in [1.29, 1.82) is 5.26 Å². The second kappa shape index (κ2) is 7.18. The highest BCUT2D eigenvalue weighted by molar-refractivity contribution is 6.04. The van der Waals surface area contributed by atoms with Crippen LogP contribution in [0.25, 0.3) is 0 Å². The second-order valence-electron chi connectivity index (χ2n) is 14.7. The number of nitrogens with zero attached hydrogens (tertiary/aromatic N) is 1. The number of ketones is 2. The number of fused-ring (bicyclic) bond motifs is 7. The lowest BCUT2D eigenvalue weighted by Gasteiger charge is -2.69. The van der Waals surface area contributed by atoms with Gasteiger partial charge in [0.15, 0.2) is 11.6 Å². The number of aliphatic hydroxyl groups excluding tert-OH is 1. The lowest BCUT2D eigenvalue weighted by molar-refractivity contribution is -0.171. The van der Waals surface area contributed by atoms with Crippen molar-refractivity contribution in [2.75, 3.05) is 6.61 Å². The largest absolute Gasteiger partial charge is 0.396 e. The monoisotopic (exact) mass is 477 g/mol. The third-order valence-electron chi connectivity index (χ3n) is 12.5. The minimum Gasteiger partial charge on any atom is -0.396 e. The Labute approximate surface area is 211 Å². The van der Waals surface area contributed by atoms with Crippen molar-refractivity contribution in [3.8, 4) is 6.07 Å². The summed E-state index contributed by atoms with van der Waals surface area (Å²) >= 11 is 0. The SMILES string of the molecule is CC1(CO)CC[C@]2(C)CC[C@]3(C)[C@H](C(=O)C=C4[C@@]5(C)C=C(C#N)C(=O)C(C)(C)[C@@H]5CC[C@]43C)[C@@H]2C1. The van der Waals surface area contributed by atoms with Crippen molar-refractivity contribution in [3.05, 3.63) is 23.3 Å². The highest BCUT2D eigenvalue weighted by Crippen LogP contribution is 2.74. The molecule has 3 saturated carbocycles. The van der Waals surface area contributed by atoms with Gasteiger partial charge in [-0.3, -0.25) is 9.59 Å². The molecule has 4 nitrogen and oxygen atoms in total. The smallest absolute Gasteiger partial charge is 0.178 e. The Kier molecular flexibility index (Phi) is 5.12. The lowest BCUT2D eigenvalue weighted by Crippen LogP contribution is -2.64. The van der Waals surface area contributed by atoms with Gasteiger partial charge in [0.1, 0.15) is 6.07 Å². The molecule has 35 heavy (non-hydrogen) atoms. The Bertz CT molecular complexity index is 1110. The molecule has 0 aliphatic heterocycles. The molecule has 1 unspecified atom stereocenters. The summed E-state index contributed by atoms with van der Waals surface area (Å²) in [7, 11) is 0. The van der Waals surface area contributed by atoms with Gasteiger partial charge in [0.05, 0.1) is 5.57 Å². The van der Waals surface area contributed by atoms with Gasteiger partial charge in [-0.2, -0.15) is 5.26 Å². The van der Waals surface area contributed by atoms with E-state index in [-0.39, 0.29) is 63.2 Å². The van der Waals surface area contributed by atoms with Gasteiger partial charge in [-0.05, 0) is 84.5 Å². The fourth-order valence-corrected chi connectivity index (χ4v) is 9.93. The van der Waals surface area contributed by atoms with E-state index >= 15 is 0 Å². The molecule has 0 aromatic heterocycles. The summed E-state index contributed by atoms with van der Waals surface area (Å²) < 4.78 is 0. The number of nitriles is 1. The van der Waals surface area contributed by atoms with Crippen LogP contribution in [-0.4, -0.2) is 23.3 Å². The van der Waals surface area contributed by atoms with Crippen LogP contribution in [0.5, 0.6) is 0 Å². The van der Waals surface area contributed by atoms with Gasteiger partial charge in [0.25, 0.3) is 0 Å². The summed E-state index contributed by atoms with van der Waals surface area (Å²) in [6.45, 7) is 15.7. The van der Waals surface area contributed by atoms with Gasteiger partial charge >= 0.3 is 0 Å². The van der Waals surface area contributed by atoms with Crippen LogP contribution in [0.2, 0.25) is 0 Å². The maximum atomic E-state index is 14.2. The number of rotatable bonds is 1. The van der Waals surface area contributed by atoms with Gasteiger partial charge < -0.3 is 5.11 Å². The molecule has 0 saturated heterocycles. The summed E-state index contributed by atoms with van der Waals surface area (Å²) in [5.41, 5.74) is -0.0187. The highest BCUT2D eigenvalue weighted by Gasteiger charge is 2.69. The van der Waals surface area contributed by atoms with Crippen molar-refractivity contribution < 1.29 is 14.7 Å². The van der Waals surface area contributed by atoms with Gasteiger partial charge in [-0.25, -0.2) is 0 Å². The lowest BCUT2D eigenvalue weighted by atomic mass is 9.34. The van der Waals surface area contributed by atoms with Gasteiger partial charge in [-0.15, -0.1) is 0 Å². The third kappa shape index (κ3) is 2.94. The third-order valence-corrected chi connectivity index (χ3v) is 12.5. The Morgan fingerprint density at radius 3 is 2.29 bits per heavy atom. The summed E-state index contributed by atoms with van der Waals surface area (Å²) in [6, 6.07) is 2.19. The quantitative estimate of drug-likeness (QED) is 0.488. The van der Waals surface area contributed by atoms with Crippen molar-refractivity contribution >= 4 is 11.6 Å². The van der Waals surface area contributed by atoms with Crippen LogP contribution >= 0.6 is 0 Å². The van der Waals surface area contributed by atoms with E-state index in [0.29, 0.717) is 0 Å². The maximum Gasteiger partial charge on any atom is 0.178 e. The van der Waals surface area contributed by atoms with Crippen LogP contribution in [0.15, 0.2) is 23.3 Å². The molecule has 190 valence electrons. The minimum atomic E-state index is -0.630. The van der Waals surface area contributed by atoms with Crippen molar-refractivity contribution in [2.24, 2.45) is 50.2 Å². The van der Waals surface area contributed by atoms with E-state index in [9.17, 15) is 20.0 Å². The zero-order valence-corrected chi connectivity index (χ0v) is 22.8. The Hall–Kier alpha value is -1.73. The maximum absolute atomic E-state index is 14.2. The van der Waals surface area contributed by atoms with Crippen LogP contribution in [-0.2, 0) is 9.59 Å². The molecule has 8 atom stereocenters. The average molecular weight is 478 g/mol. The topological polar surface area (TPSA) is 78.2 Å². The van der Waals surface area contributed by atoms with E-state index in [1.807, 2.05) is 26.0 Å². The molecule has 0 aromatic rings. The van der Waals surface area contributed by atoms with E-state index in [4.69, 9.17) is 0 Å². The van der Waals surface area contributed by atoms with E-state index in [0.717, 1.165) is 50.5 Å².